The Kier molecular flexibility index (Phi) is 4.35. The van der Waals surface area contributed by atoms with Crippen LogP contribution in [0.5, 0.6) is 0 Å². The van der Waals surface area contributed by atoms with Gasteiger partial charge in [0, 0.05) is 6.54 Å². The third-order valence-electron chi connectivity index (χ3n) is 3.51. The van der Waals surface area contributed by atoms with Crippen LogP contribution in [0.2, 0.25) is 0 Å². The summed E-state index contributed by atoms with van der Waals surface area (Å²) in [5.74, 6) is 0.547. The van der Waals surface area contributed by atoms with Crippen molar-refractivity contribution in [3.8, 4) is 0 Å². The molecule has 2 rings (SSSR count). The minimum absolute atomic E-state index is 0.0901. The maximum atomic E-state index is 6.33. The van der Waals surface area contributed by atoms with Crippen LogP contribution in [0.4, 0.5) is 0 Å². The average molecular weight is 254 g/mol. The molecule has 2 aromatic rings. The van der Waals surface area contributed by atoms with Crippen molar-refractivity contribution in [1.29, 1.82) is 0 Å². The molecule has 19 heavy (non-hydrogen) atoms. The van der Waals surface area contributed by atoms with E-state index < -0.39 is 0 Å². The lowest BCUT2D eigenvalue weighted by atomic mass is 9.95. The third kappa shape index (κ3) is 3.22. The standard InChI is InChI=1S/C17H22N2/c1-12(2)14-6-8-15(9-7-14)17(19)16-5-3-4-13(10-16)11-18/h3-10,12,17H,11,18-19H2,1-2H3. The molecule has 0 saturated carbocycles. The van der Waals surface area contributed by atoms with Gasteiger partial charge >= 0.3 is 0 Å². The van der Waals surface area contributed by atoms with Crippen LogP contribution in [0.1, 0.15) is 48.1 Å². The van der Waals surface area contributed by atoms with Gasteiger partial charge in [-0.05, 0) is 28.2 Å². The summed E-state index contributed by atoms with van der Waals surface area (Å²) in [6.45, 7) is 4.94. The van der Waals surface area contributed by atoms with Crippen molar-refractivity contribution in [1.82, 2.24) is 0 Å². The fraction of sp³-hybridized carbons (Fsp3) is 0.294. The van der Waals surface area contributed by atoms with Gasteiger partial charge in [-0.15, -0.1) is 0 Å². The number of hydrogen-bond donors (Lipinski definition) is 2. The van der Waals surface area contributed by atoms with Gasteiger partial charge in [0.2, 0.25) is 0 Å². The van der Waals surface area contributed by atoms with Gasteiger partial charge in [-0.2, -0.15) is 0 Å². The molecule has 2 aromatic carbocycles. The molecule has 0 aliphatic heterocycles. The highest BCUT2D eigenvalue weighted by molar-refractivity contribution is 5.35. The van der Waals surface area contributed by atoms with E-state index in [4.69, 9.17) is 11.5 Å². The number of rotatable bonds is 4. The predicted octanol–water partition coefficient (Wildman–Crippen LogP) is 3.32. The van der Waals surface area contributed by atoms with Crippen molar-refractivity contribution in [2.45, 2.75) is 32.4 Å². The fourth-order valence-corrected chi connectivity index (χ4v) is 2.19. The summed E-state index contributed by atoms with van der Waals surface area (Å²) in [7, 11) is 0. The molecule has 0 heterocycles. The lowest BCUT2D eigenvalue weighted by Gasteiger charge is -2.15. The van der Waals surface area contributed by atoms with E-state index in [2.05, 4.69) is 50.2 Å². The van der Waals surface area contributed by atoms with E-state index in [0.29, 0.717) is 12.5 Å². The van der Waals surface area contributed by atoms with E-state index in [9.17, 15) is 0 Å². The lowest BCUT2D eigenvalue weighted by Crippen LogP contribution is -2.12. The Hall–Kier alpha value is -1.64. The third-order valence-corrected chi connectivity index (χ3v) is 3.51. The van der Waals surface area contributed by atoms with E-state index in [-0.39, 0.29) is 6.04 Å². The second-order valence-corrected chi connectivity index (χ2v) is 5.25. The molecule has 0 aromatic heterocycles. The van der Waals surface area contributed by atoms with Gasteiger partial charge in [0.1, 0.15) is 0 Å². The predicted molar refractivity (Wildman–Crippen MR) is 80.9 cm³/mol. The fourth-order valence-electron chi connectivity index (χ4n) is 2.19. The molecule has 0 aliphatic rings. The summed E-state index contributed by atoms with van der Waals surface area (Å²) < 4.78 is 0. The first-order chi connectivity index (χ1) is 9.11. The van der Waals surface area contributed by atoms with Crippen LogP contribution < -0.4 is 11.5 Å². The van der Waals surface area contributed by atoms with E-state index in [1.807, 2.05) is 12.1 Å². The molecule has 0 radical (unpaired) electrons. The minimum Gasteiger partial charge on any atom is -0.326 e. The first-order valence-corrected chi connectivity index (χ1v) is 6.76. The van der Waals surface area contributed by atoms with Crippen molar-refractivity contribution in [2.24, 2.45) is 11.5 Å². The maximum absolute atomic E-state index is 6.33. The molecule has 0 amide bonds. The molecule has 100 valence electrons. The molecule has 2 heteroatoms. The van der Waals surface area contributed by atoms with E-state index in [0.717, 1.165) is 16.7 Å². The normalized spacial score (nSPS) is 12.7. The summed E-state index contributed by atoms with van der Waals surface area (Å²) in [5, 5.41) is 0. The number of benzene rings is 2. The molecular weight excluding hydrogens is 232 g/mol. The number of nitrogens with two attached hydrogens (primary N) is 2. The molecular formula is C17H22N2. The van der Waals surface area contributed by atoms with Crippen LogP contribution in [0.3, 0.4) is 0 Å². The van der Waals surface area contributed by atoms with Gasteiger partial charge in [-0.3, -0.25) is 0 Å². The highest BCUT2D eigenvalue weighted by Gasteiger charge is 2.09. The van der Waals surface area contributed by atoms with Gasteiger partial charge in [0.25, 0.3) is 0 Å². The Morgan fingerprint density at radius 3 is 2.11 bits per heavy atom. The smallest absolute Gasteiger partial charge is 0.0551 e. The molecule has 0 aliphatic carbocycles. The van der Waals surface area contributed by atoms with Crippen molar-refractivity contribution in [3.63, 3.8) is 0 Å². The summed E-state index contributed by atoms with van der Waals surface area (Å²) in [4.78, 5) is 0. The molecule has 1 atom stereocenters. The van der Waals surface area contributed by atoms with Crippen molar-refractivity contribution >= 4 is 0 Å². The van der Waals surface area contributed by atoms with Gasteiger partial charge < -0.3 is 11.5 Å². The second-order valence-electron chi connectivity index (χ2n) is 5.25. The first kappa shape index (κ1) is 13.8. The van der Waals surface area contributed by atoms with E-state index >= 15 is 0 Å². The van der Waals surface area contributed by atoms with E-state index in [1.165, 1.54) is 5.56 Å². The van der Waals surface area contributed by atoms with Crippen molar-refractivity contribution < 1.29 is 0 Å². The van der Waals surface area contributed by atoms with Crippen LogP contribution >= 0.6 is 0 Å². The molecule has 1 unspecified atom stereocenters. The Balaban J connectivity index is 2.25. The van der Waals surface area contributed by atoms with E-state index in [1.54, 1.807) is 0 Å². The highest BCUT2D eigenvalue weighted by atomic mass is 14.6. The first-order valence-electron chi connectivity index (χ1n) is 6.76. The Morgan fingerprint density at radius 1 is 0.895 bits per heavy atom. The summed E-state index contributed by atoms with van der Waals surface area (Å²) in [6, 6.07) is 16.6. The van der Waals surface area contributed by atoms with Gasteiger partial charge in [0.15, 0.2) is 0 Å². The quantitative estimate of drug-likeness (QED) is 0.879. The molecule has 0 bridgehead atoms. The van der Waals surface area contributed by atoms with Crippen LogP contribution in [0.15, 0.2) is 48.5 Å². The van der Waals surface area contributed by atoms with Crippen LogP contribution in [-0.2, 0) is 6.54 Å². The second kappa shape index (κ2) is 6.00. The summed E-state index contributed by atoms with van der Waals surface area (Å²) in [5.41, 5.74) is 16.7. The largest absolute Gasteiger partial charge is 0.326 e. The zero-order chi connectivity index (χ0) is 13.8. The van der Waals surface area contributed by atoms with Gasteiger partial charge in [-0.25, -0.2) is 0 Å². The van der Waals surface area contributed by atoms with Crippen molar-refractivity contribution in [3.05, 3.63) is 70.8 Å². The topological polar surface area (TPSA) is 52.0 Å². The highest BCUT2D eigenvalue weighted by Crippen LogP contribution is 2.22. The molecule has 0 spiro atoms. The lowest BCUT2D eigenvalue weighted by molar-refractivity contribution is 0.845. The molecule has 0 saturated heterocycles. The number of hydrogen-bond acceptors (Lipinski definition) is 2. The van der Waals surface area contributed by atoms with Crippen LogP contribution in [-0.4, -0.2) is 0 Å². The molecule has 0 fully saturated rings. The minimum atomic E-state index is -0.0901. The van der Waals surface area contributed by atoms with Gasteiger partial charge in [0.05, 0.1) is 6.04 Å². The monoisotopic (exact) mass is 254 g/mol. The maximum Gasteiger partial charge on any atom is 0.0551 e. The summed E-state index contributed by atoms with van der Waals surface area (Å²) in [6.07, 6.45) is 0. The Bertz CT molecular complexity index is 529. The summed E-state index contributed by atoms with van der Waals surface area (Å²) >= 11 is 0. The zero-order valence-corrected chi connectivity index (χ0v) is 11.6. The Morgan fingerprint density at radius 2 is 1.53 bits per heavy atom. The molecule has 2 nitrogen and oxygen atoms in total. The van der Waals surface area contributed by atoms with Crippen molar-refractivity contribution in [2.75, 3.05) is 0 Å². The zero-order valence-electron chi connectivity index (χ0n) is 11.6. The van der Waals surface area contributed by atoms with Crippen LogP contribution in [0, 0.1) is 0 Å². The molecule has 4 N–H and O–H groups in total. The Labute approximate surface area is 115 Å². The SMILES string of the molecule is CC(C)c1ccc(C(N)c2cccc(CN)c2)cc1. The van der Waals surface area contributed by atoms with Crippen LogP contribution in [0.25, 0.3) is 0 Å². The average Bonchev–Trinajstić information content (AvgIpc) is 2.46. The van der Waals surface area contributed by atoms with Gasteiger partial charge in [-0.1, -0.05) is 62.4 Å².